The molecule has 1 saturated heterocycles. The topological polar surface area (TPSA) is 64.6 Å². The minimum absolute atomic E-state index is 0.173. The quantitative estimate of drug-likeness (QED) is 0.757. The maximum absolute atomic E-state index is 11.5. The zero-order valence-corrected chi connectivity index (χ0v) is 9.84. The second-order valence-electron chi connectivity index (χ2n) is 4.54. The first-order valence-corrected chi connectivity index (χ1v) is 6.74. The van der Waals surface area contributed by atoms with Crippen molar-refractivity contribution in [1.82, 2.24) is 4.72 Å². The molecule has 88 valence electrons. The zero-order valence-electron chi connectivity index (χ0n) is 9.02. The van der Waals surface area contributed by atoms with Crippen molar-refractivity contribution in [2.45, 2.75) is 43.8 Å². The van der Waals surface area contributed by atoms with E-state index in [9.17, 15) is 8.42 Å². The van der Waals surface area contributed by atoms with Gasteiger partial charge in [-0.15, -0.1) is 0 Å². The molecule has 2 rings (SSSR count). The van der Waals surface area contributed by atoms with E-state index in [0.29, 0.717) is 13.2 Å². The molecule has 1 atom stereocenters. The summed E-state index contributed by atoms with van der Waals surface area (Å²) in [6.45, 7) is 4.40. The van der Waals surface area contributed by atoms with E-state index in [-0.39, 0.29) is 11.4 Å². The molecule has 0 radical (unpaired) electrons. The Balaban J connectivity index is 1.79. The van der Waals surface area contributed by atoms with Gasteiger partial charge in [0.05, 0.1) is 18.0 Å². The first kappa shape index (κ1) is 11.3. The van der Waals surface area contributed by atoms with Gasteiger partial charge in [-0.05, 0) is 26.7 Å². The summed E-state index contributed by atoms with van der Waals surface area (Å²) in [6.07, 6.45) is 1.39. The van der Waals surface area contributed by atoms with Crippen molar-refractivity contribution < 1.29 is 17.9 Å². The molecular weight excluding hydrogens is 218 g/mol. The summed E-state index contributed by atoms with van der Waals surface area (Å²) in [4.78, 5) is 0. The monoisotopic (exact) mass is 235 g/mol. The van der Waals surface area contributed by atoms with Gasteiger partial charge in [0.2, 0.25) is 10.0 Å². The van der Waals surface area contributed by atoms with Crippen molar-refractivity contribution >= 4 is 10.0 Å². The summed E-state index contributed by atoms with van der Waals surface area (Å²) in [5.41, 5.74) is 0. The molecule has 2 fully saturated rings. The molecule has 6 heteroatoms. The Morgan fingerprint density at radius 2 is 2.07 bits per heavy atom. The standard InChI is InChI=1S/C9H17NO4S/c1-9(2)13-6-7(14-9)5-10-15(11,12)8-3-4-8/h7-8,10H,3-6H2,1-2H3. The van der Waals surface area contributed by atoms with Gasteiger partial charge in [-0.3, -0.25) is 0 Å². The molecule has 1 saturated carbocycles. The van der Waals surface area contributed by atoms with E-state index in [1.54, 1.807) is 0 Å². The third kappa shape index (κ3) is 2.90. The summed E-state index contributed by atoms with van der Waals surface area (Å²) in [6, 6.07) is 0. The van der Waals surface area contributed by atoms with Crippen LogP contribution in [0.5, 0.6) is 0 Å². The maximum atomic E-state index is 11.5. The summed E-state index contributed by atoms with van der Waals surface area (Å²) in [5.74, 6) is -0.588. The molecule has 1 aliphatic carbocycles. The lowest BCUT2D eigenvalue weighted by molar-refractivity contribution is -0.137. The maximum Gasteiger partial charge on any atom is 0.214 e. The predicted octanol–water partition coefficient (Wildman–Crippen LogP) is 0.220. The summed E-state index contributed by atoms with van der Waals surface area (Å²) in [5, 5.41) is -0.173. The molecular formula is C9H17NO4S. The van der Waals surface area contributed by atoms with Crippen molar-refractivity contribution in [2.75, 3.05) is 13.2 Å². The highest BCUT2D eigenvalue weighted by Gasteiger charge is 2.37. The van der Waals surface area contributed by atoms with Crippen LogP contribution >= 0.6 is 0 Å². The average molecular weight is 235 g/mol. The van der Waals surface area contributed by atoms with Crippen LogP contribution in [0.3, 0.4) is 0 Å². The molecule has 5 nitrogen and oxygen atoms in total. The predicted molar refractivity (Wildman–Crippen MR) is 54.8 cm³/mol. The normalized spacial score (nSPS) is 30.7. The second-order valence-corrected chi connectivity index (χ2v) is 6.59. The van der Waals surface area contributed by atoms with Crippen LogP contribution in [0.2, 0.25) is 0 Å². The number of nitrogens with one attached hydrogen (secondary N) is 1. The zero-order chi connectivity index (χ0) is 11.1. The minimum atomic E-state index is -3.10. The number of ether oxygens (including phenoxy) is 2. The third-order valence-electron chi connectivity index (χ3n) is 2.54. The molecule has 0 spiro atoms. The largest absolute Gasteiger partial charge is 0.348 e. The van der Waals surface area contributed by atoms with Gasteiger partial charge in [0.1, 0.15) is 0 Å². The Kier molecular flexibility index (Phi) is 2.79. The van der Waals surface area contributed by atoms with Crippen molar-refractivity contribution in [3.05, 3.63) is 0 Å². The van der Waals surface area contributed by atoms with Crippen LogP contribution in [0.25, 0.3) is 0 Å². The van der Waals surface area contributed by atoms with Crippen LogP contribution < -0.4 is 4.72 Å². The number of sulfonamides is 1. The summed E-state index contributed by atoms with van der Waals surface area (Å²) in [7, 11) is -3.10. The summed E-state index contributed by atoms with van der Waals surface area (Å²) < 4.78 is 36.4. The van der Waals surface area contributed by atoms with Crippen LogP contribution in [-0.2, 0) is 19.5 Å². The molecule has 0 aromatic heterocycles. The Bertz CT molecular complexity index is 334. The summed E-state index contributed by atoms with van der Waals surface area (Å²) >= 11 is 0. The van der Waals surface area contributed by atoms with Crippen molar-refractivity contribution in [2.24, 2.45) is 0 Å². The van der Waals surface area contributed by atoms with Gasteiger partial charge in [-0.2, -0.15) is 0 Å². The van der Waals surface area contributed by atoms with E-state index in [1.807, 2.05) is 13.8 Å². The lowest BCUT2D eigenvalue weighted by Gasteiger charge is -2.17. The van der Waals surface area contributed by atoms with Crippen LogP contribution in [0.1, 0.15) is 26.7 Å². The second kappa shape index (κ2) is 3.69. The van der Waals surface area contributed by atoms with E-state index < -0.39 is 15.8 Å². The van der Waals surface area contributed by atoms with Gasteiger partial charge in [0.25, 0.3) is 0 Å². The van der Waals surface area contributed by atoms with Gasteiger partial charge in [-0.1, -0.05) is 0 Å². The molecule has 0 amide bonds. The Morgan fingerprint density at radius 1 is 1.40 bits per heavy atom. The van der Waals surface area contributed by atoms with Gasteiger partial charge >= 0.3 is 0 Å². The molecule has 0 aromatic rings. The van der Waals surface area contributed by atoms with Gasteiger partial charge < -0.3 is 9.47 Å². The fourth-order valence-corrected chi connectivity index (χ4v) is 2.98. The van der Waals surface area contributed by atoms with E-state index >= 15 is 0 Å². The number of rotatable bonds is 4. The van der Waals surface area contributed by atoms with Gasteiger partial charge in [-0.25, -0.2) is 13.1 Å². The Hall–Kier alpha value is -0.170. The fraction of sp³-hybridized carbons (Fsp3) is 1.00. The molecule has 1 unspecified atom stereocenters. The lowest BCUT2D eigenvalue weighted by Crippen LogP contribution is -2.36. The van der Waals surface area contributed by atoms with Crippen molar-refractivity contribution in [3.63, 3.8) is 0 Å². The molecule has 0 aromatic carbocycles. The van der Waals surface area contributed by atoms with E-state index in [2.05, 4.69) is 4.72 Å². The molecule has 0 bridgehead atoms. The van der Waals surface area contributed by atoms with Crippen molar-refractivity contribution in [3.8, 4) is 0 Å². The van der Waals surface area contributed by atoms with Crippen LogP contribution in [-0.4, -0.2) is 38.7 Å². The van der Waals surface area contributed by atoms with Crippen LogP contribution in [0.4, 0.5) is 0 Å². The molecule has 15 heavy (non-hydrogen) atoms. The van der Waals surface area contributed by atoms with Gasteiger partial charge in [0.15, 0.2) is 5.79 Å². The first-order valence-electron chi connectivity index (χ1n) is 5.19. The average Bonchev–Trinajstić information content (AvgIpc) is 2.89. The number of hydrogen-bond donors (Lipinski definition) is 1. The van der Waals surface area contributed by atoms with Crippen LogP contribution in [0.15, 0.2) is 0 Å². The smallest absolute Gasteiger partial charge is 0.214 e. The SMILES string of the molecule is CC1(C)OCC(CNS(=O)(=O)C2CC2)O1. The Morgan fingerprint density at radius 3 is 2.53 bits per heavy atom. The van der Waals surface area contributed by atoms with Gasteiger partial charge in [0, 0.05) is 6.54 Å². The first-order chi connectivity index (χ1) is 6.89. The van der Waals surface area contributed by atoms with Crippen molar-refractivity contribution in [1.29, 1.82) is 0 Å². The highest BCUT2D eigenvalue weighted by molar-refractivity contribution is 7.90. The molecule has 1 heterocycles. The lowest BCUT2D eigenvalue weighted by atomic mass is 10.4. The van der Waals surface area contributed by atoms with E-state index in [4.69, 9.17) is 9.47 Å². The highest BCUT2D eigenvalue weighted by atomic mass is 32.2. The minimum Gasteiger partial charge on any atom is -0.348 e. The van der Waals surface area contributed by atoms with E-state index in [1.165, 1.54) is 0 Å². The molecule has 2 aliphatic rings. The van der Waals surface area contributed by atoms with E-state index in [0.717, 1.165) is 12.8 Å². The molecule has 1 N–H and O–H groups in total. The third-order valence-corrected chi connectivity index (χ3v) is 4.46. The molecule has 1 aliphatic heterocycles. The highest BCUT2D eigenvalue weighted by Crippen LogP contribution is 2.28. The van der Waals surface area contributed by atoms with Crippen LogP contribution in [0, 0.1) is 0 Å². The fourth-order valence-electron chi connectivity index (χ4n) is 1.57. The number of hydrogen-bond acceptors (Lipinski definition) is 4. The Labute approximate surface area is 90.2 Å².